The Balaban J connectivity index is 1.44. The van der Waals surface area contributed by atoms with E-state index in [0.29, 0.717) is 31.7 Å². The number of amides is 2. The molecule has 4 rings (SSSR count). The standard InChI is InChI=1S/C23H23N5O3/c1-31-19-9-5-8-18(16-19)27-12-14-28(15-13-27)23(30)20-21(25-11-10-24-20)26-22(29)17-6-3-2-4-7-17/h2-11,16H,12-15H2,1H3,(H,25,26,29). The van der Waals surface area contributed by atoms with Gasteiger partial charge in [-0.1, -0.05) is 24.3 Å². The van der Waals surface area contributed by atoms with E-state index in [1.165, 1.54) is 12.4 Å². The Kier molecular flexibility index (Phi) is 6.07. The largest absolute Gasteiger partial charge is 0.497 e. The summed E-state index contributed by atoms with van der Waals surface area (Å²) in [4.78, 5) is 37.9. The van der Waals surface area contributed by atoms with Gasteiger partial charge in [0.2, 0.25) is 0 Å². The van der Waals surface area contributed by atoms with Crippen LogP contribution in [0.1, 0.15) is 20.8 Å². The van der Waals surface area contributed by atoms with E-state index in [1.54, 1.807) is 36.3 Å². The maximum Gasteiger partial charge on any atom is 0.276 e. The Morgan fingerprint density at radius 2 is 1.68 bits per heavy atom. The normalized spacial score (nSPS) is 13.6. The molecule has 0 bridgehead atoms. The maximum absolute atomic E-state index is 13.1. The highest BCUT2D eigenvalue weighted by atomic mass is 16.5. The quantitative estimate of drug-likeness (QED) is 0.687. The number of aromatic nitrogens is 2. The van der Waals surface area contributed by atoms with Crippen molar-refractivity contribution in [1.29, 1.82) is 0 Å². The third-order valence-electron chi connectivity index (χ3n) is 5.15. The van der Waals surface area contributed by atoms with Crippen molar-refractivity contribution in [2.75, 3.05) is 43.5 Å². The summed E-state index contributed by atoms with van der Waals surface area (Å²) >= 11 is 0. The number of anilines is 2. The van der Waals surface area contributed by atoms with Crippen molar-refractivity contribution in [1.82, 2.24) is 14.9 Å². The molecule has 8 nitrogen and oxygen atoms in total. The minimum Gasteiger partial charge on any atom is -0.497 e. The third kappa shape index (κ3) is 4.63. The predicted molar refractivity (Wildman–Crippen MR) is 118 cm³/mol. The summed E-state index contributed by atoms with van der Waals surface area (Å²) in [5.41, 5.74) is 1.68. The molecule has 2 amide bonds. The molecular weight excluding hydrogens is 394 g/mol. The van der Waals surface area contributed by atoms with Gasteiger partial charge in [-0.15, -0.1) is 0 Å². The Morgan fingerprint density at radius 3 is 2.42 bits per heavy atom. The van der Waals surface area contributed by atoms with Gasteiger partial charge in [0.1, 0.15) is 5.75 Å². The van der Waals surface area contributed by atoms with Crippen LogP contribution in [0.5, 0.6) is 5.75 Å². The molecule has 0 saturated carbocycles. The van der Waals surface area contributed by atoms with Crippen molar-refractivity contribution in [3.8, 4) is 5.75 Å². The van der Waals surface area contributed by atoms with Gasteiger partial charge < -0.3 is 19.9 Å². The zero-order valence-corrected chi connectivity index (χ0v) is 17.2. The van der Waals surface area contributed by atoms with Crippen LogP contribution in [-0.4, -0.2) is 60.0 Å². The Hall–Kier alpha value is -3.94. The van der Waals surface area contributed by atoms with E-state index in [0.717, 1.165) is 11.4 Å². The predicted octanol–water partition coefficient (Wildman–Crippen LogP) is 2.70. The molecular formula is C23H23N5O3. The zero-order valence-electron chi connectivity index (χ0n) is 17.2. The summed E-state index contributed by atoms with van der Waals surface area (Å²) in [7, 11) is 1.64. The molecule has 158 valence electrons. The average molecular weight is 417 g/mol. The van der Waals surface area contributed by atoms with Crippen molar-refractivity contribution in [3.05, 3.63) is 78.2 Å². The zero-order chi connectivity index (χ0) is 21.6. The van der Waals surface area contributed by atoms with Crippen molar-refractivity contribution in [2.24, 2.45) is 0 Å². The minimum atomic E-state index is -0.335. The lowest BCUT2D eigenvalue weighted by atomic mass is 10.2. The van der Waals surface area contributed by atoms with Gasteiger partial charge in [0.25, 0.3) is 11.8 Å². The molecule has 0 radical (unpaired) electrons. The van der Waals surface area contributed by atoms with Crippen LogP contribution in [0.15, 0.2) is 67.0 Å². The summed E-state index contributed by atoms with van der Waals surface area (Å²) < 4.78 is 5.30. The summed E-state index contributed by atoms with van der Waals surface area (Å²) in [5.74, 6) is 0.380. The summed E-state index contributed by atoms with van der Waals surface area (Å²) in [6.07, 6.45) is 2.91. The molecule has 8 heteroatoms. The van der Waals surface area contributed by atoms with Crippen LogP contribution in [0.2, 0.25) is 0 Å². The van der Waals surface area contributed by atoms with Gasteiger partial charge in [0.15, 0.2) is 11.5 Å². The molecule has 2 aromatic carbocycles. The minimum absolute atomic E-state index is 0.140. The van der Waals surface area contributed by atoms with E-state index in [-0.39, 0.29) is 23.3 Å². The molecule has 0 spiro atoms. The van der Waals surface area contributed by atoms with Gasteiger partial charge in [0, 0.05) is 55.9 Å². The Bertz CT molecular complexity index is 1070. The van der Waals surface area contributed by atoms with E-state index in [9.17, 15) is 9.59 Å². The van der Waals surface area contributed by atoms with Gasteiger partial charge in [-0.25, -0.2) is 9.97 Å². The van der Waals surface area contributed by atoms with Crippen LogP contribution in [0.25, 0.3) is 0 Å². The molecule has 1 aliphatic heterocycles. The fraction of sp³-hybridized carbons (Fsp3) is 0.217. The maximum atomic E-state index is 13.1. The van der Waals surface area contributed by atoms with Gasteiger partial charge in [-0.2, -0.15) is 0 Å². The first kappa shape index (κ1) is 20.3. The van der Waals surface area contributed by atoms with Gasteiger partial charge in [-0.05, 0) is 24.3 Å². The highest BCUT2D eigenvalue weighted by molar-refractivity contribution is 6.07. The number of hydrogen-bond donors (Lipinski definition) is 1. The van der Waals surface area contributed by atoms with E-state index in [2.05, 4.69) is 20.2 Å². The fourth-order valence-electron chi connectivity index (χ4n) is 3.48. The number of hydrogen-bond acceptors (Lipinski definition) is 6. The molecule has 3 aromatic rings. The number of nitrogens with zero attached hydrogens (tertiary/aromatic N) is 4. The number of rotatable bonds is 5. The van der Waals surface area contributed by atoms with Crippen molar-refractivity contribution < 1.29 is 14.3 Å². The van der Waals surface area contributed by atoms with Crippen molar-refractivity contribution in [2.45, 2.75) is 0 Å². The van der Waals surface area contributed by atoms with Crippen LogP contribution < -0.4 is 15.0 Å². The Morgan fingerprint density at radius 1 is 0.935 bits per heavy atom. The topological polar surface area (TPSA) is 87.7 Å². The lowest BCUT2D eigenvalue weighted by molar-refractivity contribution is 0.0741. The molecule has 1 N–H and O–H groups in total. The lowest BCUT2D eigenvalue weighted by Gasteiger charge is -2.36. The molecule has 0 unspecified atom stereocenters. The molecule has 0 aliphatic carbocycles. The van der Waals surface area contributed by atoms with E-state index in [1.807, 2.05) is 30.3 Å². The second-order valence-corrected chi connectivity index (χ2v) is 7.05. The van der Waals surface area contributed by atoms with E-state index < -0.39 is 0 Å². The summed E-state index contributed by atoms with van der Waals surface area (Å²) in [6, 6.07) is 16.7. The number of carbonyl (C=O) groups excluding carboxylic acids is 2. The molecule has 1 aliphatic rings. The van der Waals surface area contributed by atoms with E-state index in [4.69, 9.17) is 4.74 Å². The molecule has 1 aromatic heterocycles. The molecule has 0 atom stereocenters. The number of benzene rings is 2. The summed E-state index contributed by atoms with van der Waals surface area (Å²) in [5, 5.41) is 2.71. The SMILES string of the molecule is COc1cccc(N2CCN(C(=O)c3nccnc3NC(=O)c3ccccc3)CC2)c1. The van der Waals surface area contributed by atoms with Crippen LogP contribution in [-0.2, 0) is 0 Å². The lowest BCUT2D eigenvalue weighted by Crippen LogP contribution is -2.49. The first-order chi connectivity index (χ1) is 15.2. The van der Waals surface area contributed by atoms with Gasteiger partial charge >= 0.3 is 0 Å². The average Bonchev–Trinajstić information content (AvgIpc) is 2.84. The second kappa shape index (κ2) is 9.25. The first-order valence-corrected chi connectivity index (χ1v) is 10.0. The fourth-order valence-corrected chi connectivity index (χ4v) is 3.48. The molecule has 31 heavy (non-hydrogen) atoms. The van der Waals surface area contributed by atoms with Crippen molar-refractivity contribution in [3.63, 3.8) is 0 Å². The monoisotopic (exact) mass is 417 g/mol. The molecule has 1 fully saturated rings. The number of methoxy groups -OCH3 is 1. The summed E-state index contributed by atoms with van der Waals surface area (Å²) in [6.45, 7) is 2.45. The van der Waals surface area contributed by atoms with Crippen LogP contribution in [0.4, 0.5) is 11.5 Å². The number of carbonyl (C=O) groups is 2. The Labute approximate surface area is 180 Å². The number of piperazine rings is 1. The highest BCUT2D eigenvalue weighted by Gasteiger charge is 2.26. The van der Waals surface area contributed by atoms with Crippen LogP contribution in [0.3, 0.4) is 0 Å². The number of ether oxygens (including phenoxy) is 1. The highest BCUT2D eigenvalue weighted by Crippen LogP contribution is 2.23. The van der Waals surface area contributed by atoms with Crippen molar-refractivity contribution >= 4 is 23.3 Å². The van der Waals surface area contributed by atoms with Crippen LogP contribution in [0, 0.1) is 0 Å². The smallest absolute Gasteiger partial charge is 0.276 e. The first-order valence-electron chi connectivity index (χ1n) is 10.0. The second-order valence-electron chi connectivity index (χ2n) is 7.05. The van der Waals surface area contributed by atoms with Gasteiger partial charge in [0.05, 0.1) is 7.11 Å². The third-order valence-corrected chi connectivity index (χ3v) is 5.15. The van der Waals surface area contributed by atoms with E-state index >= 15 is 0 Å². The molecule has 1 saturated heterocycles. The van der Waals surface area contributed by atoms with Crippen LogP contribution >= 0.6 is 0 Å². The molecule has 2 heterocycles. The number of nitrogens with one attached hydrogen (secondary N) is 1. The van der Waals surface area contributed by atoms with Gasteiger partial charge in [-0.3, -0.25) is 9.59 Å².